The minimum Gasteiger partial charge on any atom is -0.463 e. The molecule has 4 N–H and O–H groups in total. The summed E-state index contributed by atoms with van der Waals surface area (Å²) in [5.74, 6) is 0.840. The minimum absolute atomic E-state index is 0.202. The third-order valence-corrected chi connectivity index (χ3v) is 7.41. The number of aromatic amines is 2. The molecule has 2 aromatic heterocycles. The van der Waals surface area contributed by atoms with Gasteiger partial charge in [-0.05, 0) is 49.2 Å². The molecule has 4 heterocycles. The van der Waals surface area contributed by atoms with Crippen molar-refractivity contribution in [3.63, 3.8) is 0 Å². The first-order valence-corrected chi connectivity index (χ1v) is 12.3. The van der Waals surface area contributed by atoms with Crippen LogP contribution < -0.4 is 5.32 Å². The van der Waals surface area contributed by atoms with Crippen LogP contribution in [0.2, 0.25) is 0 Å². The van der Waals surface area contributed by atoms with E-state index in [1.165, 1.54) is 0 Å². The number of hydrogen-bond acceptors (Lipinski definition) is 6. The molecule has 4 aromatic rings. The molecule has 35 heavy (non-hydrogen) atoms. The van der Waals surface area contributed by atoms with E-state index in [2.05, 4.69) is 80.5 Å². The van der Waals surface area contributed by atoms with Crippen LogP contribution in [0.4, 0.5) is 0 Å². The fraction of sp³-hybridized carbons (Fsp3) is 0.370. The zero-order chi connectivity index (χ0) is 24.0. The predicted molar refractivity (Wildman–Crippen MR) is 138 cm³/mol. The van der Waals surface area contributed by atoms with Gasteiger partial charge in [0.05, 0.1) is 18.3 Å². The van der Waals surface area contributed by atoms with E-state index in [9.17, 15) is 5.11 Å². The Hall–Kier alpha value is -3.33. The van der Waals surface area contributed by atoms with Gasteiger partial charge in [0.25, 0.3) is 0 Å². The molecule has 8 heteroatoms. The number of aliphatic hydroxyl groups is 1. The van der Waals surface area contributed by atoms with Crippen molar-refractivity contribution in [1.29, 1.82) is 0 Å². The average Bonchev–Trinajstić information content (AvgIpc) is 3.63. The Balaban J connectivity index is 1.31. The maximum absolute atomic E-state index is 10.6. The molecule has 2 aliphatic heterocycles. The lowest BCUT2D eigenvalue weighted by molar-refractivity contribution is -0.0489. The summed E-state index contributed by atoms with van der Waals surface area (Å²) in [4.78, 5) is 8.21. The summed E-state index contributed by atoms with van der Waals surface area (Å²) in [7, 11) is 0. The summed E-state index contributed by atoms with van der Waals surface area (Å²) in [5, 5.41) is 23.5. The number of fused-ring (bicyclic) bond motifs is 2. The van der Waals surface area contributed by atoms with E-state index in [0.29, 0.717) is 6.04 Å². The van der Waals surface area contributed by atoms with Crippen molar-refractivity contribution in [2.45, 2.75) is 25.6 Å². The third-order valence-electron chi connectivity index (χ3n) is 7.41. The highest BCUT2D eigenvalue weighted by Crippen LogP contribution is 2.39. The molecule has 182 valence electrons. The fourth-order valence-electron chi connectivity index (χ4n) is 5.39. The van der Waals surface area contributed by atoms with E-state index >= 15 is 0 Å². The number of nitrogens with one attached hydrogen (secondary N) is 3. The Bertz CT molecular complexity index is 1380. The van der Waals surface area contributed by atoms with Crippen molar-refractivity contribution in [3.05, 3.63) is 66.3 Å². The highest BCUT2D eigenvalue weighted by Gasteiger charge is 2.40. The van der Waals surface area contributed by atoms with Gasteiger partial charge in [0.1, 0.15) is 12.4 Å². The number of rotatable bonds is 6. The SMILES string of the molecule is CC(C)N1CCN(CC2=CNC(CO)(c3cc(-c4cccc5[nH]ccc45)cc4[nH]ncc34)O2)CC1. The summed E-state index contributed by atoms with van der Waals surface area (Å²) >= 11 is 0. The number of aliphatic hydroxyl groups excluding tert-OH is 1. The van der Waals surface area contributed by atoms with E-state index in [4.69, 9.17) is 4.74 Å². The molecule has 1 saturated heterocycles. The monoisotopic (exact) mass is 472 g/mol. The summed E-state index contributed by atoms with van der Waals surface area (Å²) in [6.45, 7) is 9.15. The molecule has 1 atom stereocenters. The minimum atomic E-state index is -1.06. The molecule has 8 nitrogen and oxygen atoms in total. The van der Waals surface area contributed by atoms with Crippen LogP contribution in [-0.4, -0.2) is 75.5 Å². The maximum atomic E-state index is 10.6. The lowest BCUT2D eigenvalue weighted by Crippen LogP contribution is -2.49. The Kier molecular flexibility index (Phi) is 5.51. The molecule has 2 aromatic carbocycles. The Morgan fingerprint density at radius 3 is 2.74 bits per heavy atom. The largest absolute Gasteiger partial charge is 0.463 e. The van der Waals surface area contributed by atoms with Crippen LogP contribution in [0.15, 0.2) is 60.8 Å². The van der Waals surface area contributed by atoms with Crippen LogP contribution in [0.5, 0.6) is 0 Å². The number of hydrogen-bond donors (Lipinski definition) is 4. The molecule has 1 fully saturated rings. The predicted octanol–water partition coefficient (Wildman–Crippen LogP) is 3.34. The topological polar surface area (TPSA) is 92.4 Å². The summed E-state index contributed by atoms with van der Waals surface area (Å²) in [6, 6.07) is 13.1. The number of benzene rings is 2. The zero-order valence-corrected chi connectivity index (χ0v) is 20.2. The number of nitrogens with zero attached hydrogens (tertiary/aromatic N) is 3. The Morgan fingerprint density at radius 2 is 1.94 bits per heavy atom. The molecule has 0 saturated carbocycles. The van der Waals surface area contributed by atoms with Crippen molar-refractivity contribution in [2.24, 2.45) is 0 Å². The van der Waals surface area contributed by atoms with E-state index in [1.807, 2.05) is 12.4 Å². The normalized spacial score (nSPS) is 21.5. The second-order valence-electron chi connectivity index (χ2n) is 9.85. The van der Waals surface area contributed by atoms with Crippen LogP contribution >= 0.6 is 0 Å². The van der Waals surface area contributed by atoms with E-state index in [-0.39, 0.29) is 6.61 Å². The highest BCUT2D eigenvalue weighted by atomic mass is 16.5. The van der Waals surface area contributed by atoms with Gasteiger partial charge in [0.2, 0.25) is 5.72 Å². The van der Waals surface area contributed by atoms with Crippen LogP contribution in [0.3, 0.4) is 0 Å². The second kappa shape index (κ2) is 8.71. The molecular formula is C27H32N6O2. The van der Waals surface area contributed by atoms with Crippen molar-refractivity contribution >= 4 is 21.8 Å². The molecule has 0 aliphatic carbocycles. The smallest absolute Gasteiger partial charge is 0.230 e. The van der Waals surface area contributed by atoms with Gasteiger partial charge < -0.3 is 20.1 Å². The van der Waals surface area contributed by atoms with Gasteiger partial charge in [-0.3, -0.25) is 14.9 Å². The lowest BCUT2D eigenvalue weighted by Gasteiger charge is -2.37. The first-order chi connectivity index (χ1) is 17.1. The molecule has 6 rings (SSSR count). The lowest BCUT2D eigenvalue weighted by atomic mass is 9.93. The van der Waals surface area contributed by atoms with Crippen LogP contribution in [0.1, 0.15) is 19.4 Å². The fourth-order valence-corrected chi connectivity index (χ4v) is 5.39. The molecule has 0 bridgehead atoms. The molecule has 0 spiro atoms. The third kappa shape index (κ3) is 3.87. The number of H-pyrrole nitrogens is 2. The first-order valence-electron chi connectivity index (χ1n) is 12.3. The first kappa shape index (κ1) is 22.2. The van der Waals surface area contributed by atoms with Gasteiger partial charge in [-0.2, -0.15) is 5.10 Å². The molecule has 2 aliphatic rings. The van der Waals surface area contributed by atoms with Crippen LogP contribution in [0, 0.1) is 0 Å². The van der Waals surface area contributed by atoms with Gasteiger partial charge in [-0.15, -0.1) is 0 Å². The summed E-state index contributed by atoms with van der Waals surface area (Å²) in [6.07, 6.45) is 5.67. The van der Waals surface area contributed by atoms with Crippen molar-refractivity contribution < 1.29 is 9.84 Å². The number of piperazine rings is 1. The number of aromatic nitrogens is 3. The second-order valence-corrected chi connectivity index (χ2v) is 9.85. The van der Waals surface area contributed by atoms with Crippen LogP contribution in [-0.2, 0) is 10.5 Å². The summed E-state index contributed by atoms with van der Waals surface area (Å²) < 4.78 is 6.50. The van der Waals surface area contributed by atoms with Crippen molar-refractivity contribution in [2.75, 3.05) is 39.3 Å². The Labute approximate surface area is 204 Å². The molecule has 1 unspecified atom stereocenters. The van der Waals surface area contributed by atoms with Gasteiger partial charge in [-0.25, -0.2) is 0 Å². The number of ether oxygens (including phenoxy) is 1. The molecule has 0 amide bonds. The van der Waals surface area contributed by atoms with E-state index in [0.717, 1.165) is 77.0 Å². The van der Waals surface area contributed by atoms with Gasteiger partial charge in [0, 0.05) is 66.5 Å². The van der Waals surface area contributed by atoms with Crippen LogP contribution in [0.25, 0.3) is 32.9 Å². The average molecular weight is 473 g/mol. The zero-order valence-electron chi connectivity index (χ0n) is 20.2. The Morgan fingerprint density at radius 1 is 1.09 bits per heavy atom. The summed E-state index contributed by atoms with van der Waals surface area (Å²) in [5.41, 5.74) is 3.95. The van der Waals surface area contributed by atoms with Crippen molar-refractivity contribution in [1.82, 2.24) is 30.3 Å². The quantitative estimate of drug-likeness (QED) is 0.344. The molecular weight excluding hydrogens is 440 g/mol. The highest BCUT2D eigenvalue weighted by molar-refractivity contribution is 5.98. The van der Waals surface area contributed by atoms with Gasteiger partial charge in [-0.1, -0.05) is 12.1 Å². The van der Waals surface area contributed by atoms with E-state index in [1.54, 1.807) is 6.20 Å². The van der Waals surface area contributed by atoms with Gasteiger partial charge in [0.15, 0.2) is 0 Å². The van der Waals surface area contributed by atoms with Crippen molar-refractivity contribution in [3.8, 4) is 11.1 Å². The van der Waals surface area contributed by atoms with E-state index < -0.39 is 5.72 Å². The molecule has 0 radical (unpaired) electrons. The standard InChI is InChI=1S/C27H32N6O2/c1-18(2)33-10-8-32(9-11-33)16-20-14-29-27(17-34,35-20)24-12-19(13-26-23(24)15-30-31-26)21-4-3-5-25-22(21)6-7-28-25/h3-7,12-15,18,28-29,34H,8-11,16-17H2,1-2H3,(H,30,31). The van der Waals surface area contributed by atoms with Gasteiger partial charge >= 0.3 is 0 Å². The maximum Gasteiger partial charge on any atom is 0.230 e.